The normalized spacial score (nSPS) is 24.9. The molecule has 0 radical (unpaired) electrons. The third-order valence-electron chi connectivity index (χ3n) is 4.06. The zero-order valence-corrected chi connectivity index (χ0v) is 11.6. The van der Waals surface area contributed by atoms with Gasteiger partial charge in [-0.1, -0.05) is 13.8 Å². The topological polar surface area (TPSA) is 29.5 Å². The van der Waals surface area contributed by atoms with Crippen LogP contribution in [0.3, 0.4) is 0 Å². The summed E-state index contributed by atoms with van der Waals surface area (Å²) < 4.78 is 4.73. The molecule has 1 fully saturated rings. The van der Waals surface area contributed by atoms with Gasteiger partial charge in [-0.15, -0.1) is 0 Å². The Hall–Kier alpha value is -0.570. The van der Waals surface area contributed by atoms with Gasteiger partial charge in [0, 0.05) is 13.0 Å². The van der Waals surface area contributed by atoms with Gasteiger partial charge in [0.25, 0.3) is 0 Å². The molecule has 1 aliphatic rings. The average molecular weight is 241 g/mol. The van der Waals surface area contributed by atoms with E-state index < -0.39 is 0 Å². The van der Waals surface area contributed by atoms with Crippen LogP contribution >= 0.6 is 0 Å². The number of nitrogens with zero attached hydrogens (tertiary/aromatic N) is 1. The van der Waals surface area contributed by atoms with E-state index in [2.05, 4.69) is 18.7 Å². The highest BCUT2D eigenvalue weighted by molar-refractivity contribution is 5.69. The van der Waals surface area contributed by atoms with Crippen LogP contribution in [-0.4, -0.2) is 37.6 Å². The molecule has 0 heterocycles. The van der Waals surface area contributed by atoms with Crippen molar-refractivity contribution in [1.29, 1.82) is 0 Å². The summed E-state index contributed by atoms with van der Waals surface area (Å²) in [7, 11) is 1.48. The van der Waals surface area contributed by atoms with Crippen LogP contribution in [0.2, 0.25) is 0 Å². The predicted molar refractivity (Wildman–Crippen MR) is 69.9 cm³/mol. The number of methoxy groups -OCH3 is 1. The zero-order valence-electron chi connectivity index (χ0n) is 11.6. The second-order valence-corrected chi connectivity index (χ2v) is 5.15. The summed E-state index contributed by atoms with van der Waals surface area (Å²) >= 11 is 0. The number of rotatable bonds is 6. The van der Waals surface area contributed by atoms with Crippen LogP contribution in [0.4, 0.5) is 0 Å². The summed E-state index contributed by atoms with van der Waals surface area (Å²) in [5.41, 5.74) is 0. The molecule has 1 saturated carbocycles. The van der Waals surface area contributed by atoms with Gasteiger partial charge in [0.15, 0.2) is 0 Å². The molecule has 1 rings (SSSR count). The quantitative estimate of drug-likeness (QED) is 0.670. The summed E-state index contributed by atoms with van der Waals surface area (Å²) in [5, 5.41) is 0. The van der Waals surface area contributed by atoms with Gasteiger partial charge in [-0.3, -0.25) is 4.79 Å². The SMILES string of the molecule is CCN(CC)C[C@H]1CC[C@H](CC(=O)OC)CC1. The Morgan fingerprint density at radius 3 is 2.12 bits per heavy atom. The molecule has 0 unspecified atom stereocenters. The van der Waals surface area contributed by atoms with Crippen molar-refractivity contribution in [2.75, 3.05) is 26.7 Å². The van der Waals surface area contributed by atoms with Gasteiger partial charge in [0.1, 0.15) is 0 Å². The predicted octanol–water partition coefficient (Wildman–Crippen LogP) is 2.70. The smallest absolute Gasteiger partial charge is 0.305 e. The highest BCUT2D eigenvalue weighted by atomic mass is 16.5. The van der Waals surface area contributed by atoms with Crippen LogP contribution in [0.15, 0.2) is 0 Å². The minimum atomic E-state index is -0.0443. The van der Waals surface area contributed by atoms with E-state index in [1.165, 1.54) is 39.3 Å². The molecule has 0 spiro atoms. The van der Waals surface area contributed by atoms with Gasteiger partial charge in [-0.05, 0) is 50.6 Å². The molecule has 0 aromatic rings. The van der Waals surface area contributed by atoms with Crippen molar-refractivity contribution in [2.24, 2.45) is 11.8 Å². The Morgan fingerprint density at radius 2 is 1.65 bits per heavy atom. The summed E-state index contributed by atoms with van der Waals surface area (Å²) in [6.45, 7) is 7.99. The molecule has 1 aliphatic carbocycles. The van der Waals surface area contributed by atoms with Crippen molar-refractivity contribution in [1.82, 2.24) is 4.90 Å². The number of ether oxygens (including phenoxy) is 1. The van der Waals surface area contributed by atoms with Crippen molar-refractivity contribution in [3.63, 3.8) is 0 Å². The minimum Gasteiger partial charge on any atom is -0.469 e. The van der Waals surface area contributed by atoms with Crippen molar-refractivity contribution in [2.45, 2.75) is 46.0 Å². The van der Waals surface area contributed by atoms with E-state index in [9.17, 15) is 4.79 Å². The largest absolute Gasteiger partial charge is 0.469 e. The highest BCUT2D eigenvalue weighted by Crippen LogP contribution is 2.31. The molecule has 0 aromatic carbocycles. The number of hydrogen-bond acceptors (Lipinski definition) is 3. The fourth-order valence-corrected chi connectivity index (χ4v) is 2.78. The average Bonchev–Trinajstić information content (AvgIpc) is 2.37. The Morgan fingerprint density at radius 1 is 1.12 bits per heavy atom. The first-order valence-electron chi connectivity index (χ1n) is 6.98. The fraction of sp³-hybridized carbons (Fsp3) is 0.929. The van der Waals surface area contributed by atoms with Crippen molar-refractivity contribution in [3.8, 4) is 0 Å². The summed E-state index contributed by atoms with van der Waals surface area (Å²) in [6, 6.07) is 0. The molecule has 0 aliphatic heterocycles. The molecule has 0 atom stereocenters. The first-order valence-corrected chi connectivity index (χ1v) is 6.98. The van der Waals surface area contributed by atoms with E-state index in [1.807, 2.05) is 0 Å². The molecule has 3 nitrogen and oxygen atoms in total. The summed E-state index contributed by atoms with van der Waals surface area (Å²) in [5.74, 6) is 1.36. The van der Waals surface area contributed by atoms with Gasteiger partial charge in [-0.25, -0.2) is 0 Å². The fourth-order valence-electron chi connectivity index (χ4n) is 2.78. The summed E-state index contributed by atoms with van der Waals surface area (Å²) in [4.78, 5) is 13.7. The monoisotopic (exact) mass is 241 g/mol. The van der Waals surface area contributed by atoms with Crippen molar-refractivity contribution < 1.29 is 9.53 Å². The van der Waals surface area contributed by atoms with Gasteiger partial charge in [0.2, 0.25) is 0 Å². The lowest BCUT2D eigenvalue weighted by Gasteiger charge is -2.31. The van der Waals surface area contributed by atoms with Gasteiger partial charge < -0.3 is 9.64 Å². The molecule has 17 heavy (non-hydrogen) atoms. The maximum atomic E-state index is 11.2. The first kappa shape index (κ1) is 14.5. The standard InChI is InChI=1S/C14H27NO2/c1-4-15(5-2)11-13-8-6-12(7-9-13)10-14(16)17-3/h12-13H,4-11H2,1-3H3/t12-,13-. The van der Waals surface area contributed by atoms with E-state index in [0.717, 1.165) is 19.0 Å². The molecule has 3 heteroatoms. The highest BCUT2D eigenvalue weighted by Gasteiger charge is 2.24. The van der Waals surface area contributed by atoms with Crippen LogP contribution in [0, 0.1) is 11.8 Å². The van der Waals surface area contributed by atoms with E-state index in [4.69, 9.17) is 4.74 Å². The van der Waals surface area contributed by atoms with Crippen LogP contribution in [0.5, 0.6) is 0 Å². The lowest BCUT2D eigenvalue weighted by atomic mass is 9.80. The lowest BCUT2D eigenvalue weighted by Crippen LogP contribution is -2.31. The Kier molecular flexibility index (Phi) is 6.56. The molecular formula is C14H27NO2. The Balaban J connectivity index is 2.23. The third kappa shape index (κ3) is 5.07. The second kappa shape index (κ2) is 7.70. The molecule has 100 valence electrons. The first-order chi connectivity index (χ1) is 8.19. The van der Waals surface area contributed by atoms with Crippen LogP contribution in [0.1, 0.15) is 46.0 Å². The maximum Gasteiger partial charge on any atom is 0.305 e. The van der Waals surface area contributed by atoms with E-state index in [-0.39, 0.29) is 5.97 Å². The third-order valence-corrected chi connectivity index (χ3v) is 4.06. The van der Waals surface area contributed by atoms with Gasteiger partial charge in [0.05, 0.1) is 7.11 Å². The molecule has 0 N–H and O–H groups in total. The van der Waals surface area contributed by atoms with Crippen molar-refractivity contribution >= 4 is 5.97 Å². The van der Waals surface area contributed by atoms with E-state index in [0.29, 0.717) is 12.3 Å². The van der Waals surface area contributed by atoms with Gasteiger partial charge in [-0.2, -0.15) is 0 Å². The molecule has 0 aromatic heterocycles. The number of carbonyl (C=O) groups excluding carboxylic acids is 1. The van der Waals surface area contributed by atoms with E-state index in [1.54, 1.807) is 0 Å². The Labute approximate surface area is 106 Å². The van der Waals surface area contributed by atoms with Gasteiger partial charge >= 0.3 is 5.97 Å². The lowest BCUT2D eigenvalue weighted by molar-refractivity contribution is -0.142. The second-order valence-electron chi connectivity index (χ2n) is 5.15. The van der Waals surface area contributed by atoms with Crippen LogP contribution in [-0.2, 0) is 9.53 Å². The van der Waals surface area contributed by atoms with Crippen LogP contribution in [0.25, 0.3) is 0 Å². The van der Waals surface area contributed by atoms with Crippen LogP contribution < -0.4 is 0 Å². The number of carbonyl (C=O) groups is 1. The number of esters is 1. The summed E-state index contributed by atoms with van der Waals surface area (Å²) in [6.07, 6.45) is 5.56. The maximum absolute atomic E-state index is 11.2. The molecule has 0 bridgehead atoms. The molecular weight excluding hydrogens is 214 g/mol. The van der Waals surface area contributed by atoms with E-state index >= 15 is 0 Å². The zero-order chi connectivity index (χ0) is 12.7. The van der Waals surface area contributed by atoms with Crippen molar-refractivity contribution in [3.05, 3.63) is 0 Å². The minimum absolute atomic E-state index is 0.0443. The number of hydrogen-bond donors (Lipinski definition) is 0. The Bertz CT molecular complexity index is 218. The molecule has 0 saturated heterocycles. The molecule has 0 amide bonds.